The summed E-state index contributed by atoms with van der Waals surface area (Å²) in [5.74, 6) is 0.814. The number of nitrogens with zero attached hydrogens (tertiary/aromatic N) is 2. The Labute approximate surface area is 116 Å². The van der Waals surface area contributed by atoms with E-state index < -0.39 is 0 Å². The van der Waals surface area contributed by atoms with Gasteiger partial charge in [-0.25, -0.2) is 0 Å². The molecule has 2 nitrogen and oxygen atoms in total. The van der Waals surface area contributed by atoms with Gasteiger partial charge < -0.3 is 0 Å². The van der Waals surface area contributed by atoms with E-state index in [-0.39, 0.29) is 0 Å². The van der Waals surface area contributed by atoms with Crippen LogP contribution >= 0.6 is 0 Å². The van der Waals surface area contributed by atoms with Crippen LogP contribution in [-0.2, 0) is 0 Å². The highest BCUT2D eigenvalue weighted by atomic mass is 15.3. The fourth-order valence-corrected chi connectivity index (χ4v) is 4.18. The van der Waals surface area contributed by atoms with Crippen LogP contribution in [0.15, 0.2) is 30.3 Å². The van der Waals surface area contributed by atoms with Crippen molar-refractivity contribution < 1.29 is 0 Å². The van der Waals surface area contributed by atoms with Gasteiger partial charge >= 0.3 is 0 Å². The average molecular weight is 256 g/mol. The zero-order chi connectivity index (χ0) is 12.7. The molecule has 0 amide bonds. The number of benzene rings is 1. The van der Waals surface area contributed by atoms with Gasteiger partial charge in [-0.1, -0.05) is 30.3 Å². The molecule has 1 aromatic rings. The van der Waals surface area contributed by atoms with Crippen molar-refractivity contribution in [2.24, 2.45) is 0 Å². The zero-order valence-corrected chi connectivity index (χ0v) is 11.7. The van der Waals surface area contributed by atoms with Crippen LogP contribution in [0.3, 0.4) is 0 Å². The Kier molecular flexibility index (Phi) is 3.08. The standard InChI is InChI=1S/C17H24N2/c1-2-6-14(7-3-1)16-12-17(16)19-11-5-10-18-9-4-8-15(18)13-19/h1-3,6-7,15-17H,4-5,8-13H2. The topological polar surface area (TPSA) is 6.48 Å². The lowest BCUT2D eigenvalue weighted by Gasteiger charge is -2.26. The van der Waals surface area contributed by atoms with Crippen LogP contribution in [0.2, 0.25) is 0 Å². The summed E-state index contributed by atoms with van der Waals surface area (Å²) in [5.41, 5.74) is 1.56. The van der Waals surface area contributed by atoms with Gasteiger partial charge in [0.05, 0.1) is 0 Å². The van der Waals surface area contributed by atoms with Gasteiger partial charge in [0.15, 0.2) is 0 Å². The molecule has 0 N–H and O–H groups in total. The molecule has 0 radical (unpaired) electrons. The van der Waals surface area contributed by atoms with E-state index in [0.29, 0.717) is 0 Å². The zero-order valence-electron chi connectivity index (χ0n) is 11.7. The first kappa shape index (κ1) is 11.9. The first-order valence-electron chi connectivity index (χ1n) is 7.95. The van der Waals surface area contributed by atoms with Gasteiger partial charge in [0, 0.05) is 24.5 Å². The van der Waals surface area contributed by atoms with E-state index in [1.807, 2.05) is 0 Å². The van der Waals surface area contributed by atoms with Gasteiger partial charge in [0.25, 0.3) is 0 Å². The van der Waals surface area contributed by atoms with E-state index in [0.717, 1.165) is 18.0 Å². The lowest BCUT2D eigenvalue weighted by Crippen LogP contribution is -2.37. The molecule has 0 bridgehead atoms. The molecule has 102 valence electrons. The summed E-state index contributed by atoms with van der Waals surface area (Å²) < 4.78 is 0. The largest absolute Gasteiger partial charge is 0.299 e. The van der Waals surface area contributed by atoms with Crippen molar-refractivity contribution in [1.82, 2.24) is 9.80 Å². The molecule has 19 heavy (non-hydrogen) atoms. The maximum absolute atomic E-state index is 2.80. The third kappa shape index (κ3) is 2.32. The fraction of sp³-hybridized carbons (Fsp3) is 0.647. The minimum absolute atomic E-state index is 0.814. The Bertz CT molecular complexity index is 430. The molecule has 2 saturated heterocycles. The van der Waals surface area contributed by atoms with Crippen LogP contribution < -0.4 is 0 Å². The molecule has 3 aliphatic rings. The highest BCUT2D eigenvalue weighted by Gasteiger charge is 2.44. The van der Waals surface area contributed by atoms with Crippen LogP contribution in [0, 0.1) is 0 Å². The van der Waals surface area contributed by atoms with Crippen molar-refractivity contribution in [1.29, 1.82) is 0 Å². The van der Waals surface area contributed by atoms with Gasteiger partial charge in [-0.05, 0) is 50.9 Å². The van der Waals surface area contributed by atoms with Crippen LogP contribution in [0.1, 0.15) is 37.2 Å². The predicted molar refractivity (Wildman–Crippen MR) is 78.4 cm³/mol. The highest BCUT2D eigenvalue weighted by Crippen LogP contribution is 2.45. The maximum atomic E-state index is 2.80. The van der Waals surface area contributed by atoms with Gasteiger partial charge in [0.1, 0.15) is 0 Å². The summed E-state index contributed by atoms with van der Waals surface area (Å²) >= 11 is 0. The van der Waals surface area contributed by atoms with Crippen LogP contribution in [0.5, 0.6) is 0 Å². The first-order valence-corrected chi connectivity index (χ1v) is 7.95. The quantitative estimate of drug-likeness (QED) is 0.803. The van der Waals surface area contributed by atoms with Gasteiger partial charge in [-0.3, -0.25) is 9.80 Å². The third-order valence-electron chi connectivity index (χ3n) is 5.29. The number of hydrogen-bond acceptors (Lipinski definition) is 2. The number of hydrogen-bond donors (Lipinski definition) is 0. The minimum Gasteiger partial charge on any atom is -0.299 e. The van der Waals surface area contributed by atoms with Crippen LogP contribution in [0.25, 0.3) is 0 Å². The normalized spacial score (nSPS) is 35.9. The average Bonchev–Trinajstić information content (AvgIpc) is 3.18. The molecule has 3 atom stereocenters. The fourth-order valence-electron chi connectivity index (χ4n) is 4.18. The SMILES string of the molecule is c1ccc(C2CC2N2CCCN3CCCC3C2)cc1. The van der Waals surface area contributed by atoms with E-state index >= 15 is 0 Å². The van der Waals surface area contributed by atoms with Crippen molar-refractivity contribution in [2.75, 3.05) is 26.2 Å². The summed E-state index contributed by atoms with van der Waals surface area (Å²) in [7, 11) is 0. The molecule has 3 unspecified atom stereocenters. The number of rotatable bonds is 2. The first-order chi connectivity index (χ1) is 9.42. The summed E-state index contributed by atoms with van der Waals surface area (Å²) in [4.78, 5) is 5.54. The lowest BCUT2D eigenvalue weighted by molar-refractivity contribution is 0.212. The van der Waals surface area contributed by atoms with Gasteiger partial charge in [-0.15, -0.1) is 0 Å². The Morgan fingerprint density at radius 2 is 1.68 bits per heavy atom. The minimum atomic E-state index is 0.814. The van der Waals surface area contributed by atoms with Crippen LogP contribution in [0.4, 0.5) is 0 Å². The smallest absolute Gasteiger partial charge is 0.0223 e. The summed E-state index contributed by atoms with van der Waals surface area (Å²) in [6.45, 7) is 5.34. The monoisotopic (exact) mass is 256 g/mol. The van der Waals surface area contributed by atoms with Crippen molar-refractivity contribution in [2.45, 2.75) is 43.7 Å². The molecule has 1 saturated carbocycles. The molecule has 0 spiro atoms. The summed E-state index contributed by atoms with van der Waals surface area (Å²) in [5, 5.41) is 0. The second-order valence-electron chi connectivity index (χ2n) is 6.50. The summed E-state index contributed by atoms with van der Waals surface area (Å²) in [6, 6.07) is 12.8. The molecule has 1 aromatic carbocycles. The highest BCUT2D eigenvalue weighted by molar-refractivity contribution is 5.28. The van der Waals surface area contributed by atoms with Gasteiger partial charge in [-0.2, -0.15) is 0 Å². The Morgan fingerprint density at radius 3 is 2.58 bits per heavy atom. The van der Waals surface area contributed by atoms with E-state index in [4.69, 9.17) is 0 Å². The van der Waals surface area contributed by atoms with E-state index in [2.05, 4.69) is 40.1 Å². The molecular formula is C17H24N2. The molecule has 3 fully saturated rings. The Morgan fingerprint density at radius 1 is 0.895 bits per heavy atom. The Balaban J connectivity index is 1.43. The summed E-state index contributed by atoms with van der Waals surface area (Å²) in [6.07, 6.45) is 5.61. The molecule has 1 aliphatic carbocycles. The molecule has 4 rings (SSSR count). The second-order valence-corrected chi connectivity index (χ2v) is 6.50. The molecule has 2 heteroatoms. The van der Waals surface area contributed by atoms with Crippen molar-refractivity contribution >= 4 is 0 Å². The second kappa shape index (κ2) is 4.92. The van der Waals surface area contributed by atoms with E-state index in [9.17, 15) is 0 Å². The van der Waals surface area contributed by atoms with Crippen LogP contribution in [-0.4, -0.2) is 48.1 Å². The molecule has 2 heterocycles. The van der Waals surface area contributed by atoms with E-state index in [1.165, 1.54) is 51.9 Å². The maximum Gasteiger partial charge on any atom is 0.0223 e. The third-order valence-corrected chi connectivity index (χ3v) is 5.29. The predicted octanol–water partition coefficient (Wildman–Crippen LogP) is 2.71. The molecular weight excluding hydrogens is 232 g/mol. The van der Waals surface area contributed by atoms with E-state index in [1.54, 1.807) is 5.56 Å². The Hall–Kier alpha value is -0.860. The lowest BCUT2D eigenvalue weighted by atomic mass is 10.1. The number of fused-ring (bicyclic) bond motifs is 1. The molecule has 2 aliphatic heterocycles. The van der Waals surface area contributed by atoms with Crippen molar-refractivity contribution in [3.63, 3.8) is 0 Å². The van der Waals surface area contributed by atoms with Gasteiger partial charge in [0.2, 0.25) is 0 Å². The van der Waals surface area contributed by atoms with Crippen molar-refractivity contribution in [3.05, 3.63) is 35.9 Å². The van der Waals surface area contributed by atoms with Crippen molar-refractivity contribution in [3.8, 4) is 0 Å². The molecule has 0 aromatic heterocycles.